The lowest BCUT2D eigenvalue weighted by molar-refractivity contribution is -0.134. The van der Waals surface area contributed by atoms with Gasteiger partial charge in [-0.05, 0) is 37.1 Å². The fourth-order valence-corrected chi connectivity index (χ4v) is 2.20. The van der Waals surface area contributed by atoms with Crippen LogP contribution in [0.4, 0.5) is 0 Å². The molecule has 0 aliphatic heterocycles. The summed E-state index contributed by atoms with van der Waals surface area (Å²) in [6.07, 6.45) is 5.30. The van der Waals surface area contributed by atoms with Crippen LogP contribution in [-0.4, -0.2) is 18.9 Å². The Labute approximate surface area is 114 Å². The average molecular weight is 260 g/mol. The highest BCUT2D eigenvalue weighted by Crippen LogP contribution is 2.38. The molecule has 0 aromatic carbocycles. The maximum absolute atomic E-state index is 11.6. The van der Waals surface area contributed by atoms with Crippen LogP contribution in [0.2, 0.25) is 0 Å². The fraction of sp³-hybridized carbons (Fsp3) is 0.438. The molecule has 0 atom stereocenters. The molecule has 0 saturated heterocycles. The third kappa shape index (κ3) is 4.08. The van der Waals surface area contributed by atoms with Gasteiger partial charge in [0, 0.05) is 23.5 Å². The van der Waals surface area contributed by atoms with Crippen LogP contribution >= 0.6 is 0 Å². The Morgan fingerprint density at radius 1 is 1.47 bits per heavy atom. The number of ether oxygens (including phenoxy) is 1. The Morgan fingerprint density at radius 2 is 2.11 bits per heavy atom. The Kier molecular flexibility index (Phi) is 4.68. The number of hydrogen-bond donors (Lipinski definition) is 0. The number of methoxy groups -OCH3 is 1. The molecule has 3 heteroatoms. The Bertz CT molecular complexity index is 524. The van der Waals surface area contributed by atoms with Gasteiger partial charge in [0.1, 0.15) is 0 Å². The van der Waals surface area contributed by atoms with E-state index in [1.54, 1.807) is 12.2 Å². The second kappa shape index (κ2) is 5.85. The minimum atomic E-state index is -0.383. The van der Waals surface area contributed by atoms with Gasteiger partial charge in [-0.2, -0.15) is 0 Å². The zero-order chi connectivity index (χ0) is 14.6. The number of carbonyl (C=O) groups excluding carboxylic acids is 2. The Hall–Kier alpha value is -1.86. The molecule has 0 unspecified atom stereocenters. The molecule has 19 heavy (non-hydrogen) atoms. The molecule has 0 fully saturated rings. The first kappa shape index (κ1) is 15.2. The van der Waals surface area contributed by atoms with Crippen molar-refractivity contribution in [2.45, 2.75) is 34.1 Å². The first-order valence-electron chi connectivity index (χ1n) is 6.21. The molecule has 1 aliphatic carbocycles. The maximum Gasteiger partial charge on any atom is 0.330 e. The summed E-state index contributed by atoms with van der Waals surface area (Å²) in [4.78, 5) is 22.7. The summed E-state index contributed by atoms with van der Waals surface area (Å²) >= 11 is 0. The first-order chi connectivity index (χ1) is 8.76. The highest BCUT2D eigenvalue weighted by Gasteiger charge is 2.30. The van der Waals surface area contributed by atoms with Crippen LogP contribution in [-0.2, 0) is 14.3 Å². The number of rotatable bonds is 2. The first-order valence-corrected chi connectivity index (χ1v) is 6.21. The molecule has 0 aromatic heterocycles. The lowest BCUT2D eigenvalue weighted by Gasteiger charge is -2.29. The van der Waals surface area contributed by atoms with Crippen LogP contribution in [0.5, 0.6) is 0 Å². The normalized spacial score (nSPS) is 18.6. The maximum atomic E-state index is 11.6. The molecule has 1 rings (SSSR count). The Morgan fingerprint density at radius 3 is 2.63 bits per heavy atom. The molecule has 102 valence electrons. The molecule has 0 saturated carbocycles. The largest absolute Gasteiger partial charge is 0.466 e. The van der Waals surface area contributed by atoms with Gasteiger partial charge in [-0.15, -0.1) is 5.73 Å². The minimum Gasteiger partial charge on any atom is -0.466 e. The topological polar surface area (TPSA) is 43.4 Å². The number of carbonyl (C=O) groups is 2. The van der Waals surface area contributed by atoms with Crippen molar-refractivity contribution in [3.05, 3.63) is 40.7 Å². The van der Waals surface area contributed by atoms with Crippen LogP contribution < -0.4 is 0 Å². The van der Waals surface area contributed by atoms with Gasteiger partial charge in [-0.1, -0.05) is 13.8 Å². The SMILES string of the molecule is COC(=O)/C=C(/C)C=C=C1C(C)=CC(=O)CC1(C)C. The van der Waals surface area contributed by atoms with Gasteiger partial charge >= 0.3 is 5.97 Å². The van der Waals surface area contributed by atoms with E-state index >= 15 is 0 Å². The zero-order valence-electron chi connectivity index (χ0n) is 12.2. The standard InChI is InChI=1S/C16H20O3/c1-11(8-15(18)19-5)6-7-14-12(2)9-13(17)10-16(14,3)4/h6,8-9H,10H2,1-5H3/b11-8-. The van der Waals surface area contributed by atoms with Gasteiger partial charge in [-0.3, -0.25) is 4.79 Å². The predicted octanol–water partition coefficient (Wildman–Crippen LogP) is 3.13. The predicted molar refractivity (Wildman–Crippen MR) is 74.5 cm³/mol. The van der Waals surface area contributed by atoms with Gasteiger partial charge < -0.3 is 4.74 Å². The van der Waals surface area contributed by atoms with Crippen molar-refractivity contribution < 1.29 is 14.3 Å². The molecular formula is C16H20O3. The van der Waals surface area contributed by atoms with Gasteiger partial charge in [0.05, 0.1) is 7.11 Å². The lowest BCUT2D eigenvalue weighted by atomic mass is 9.73. The van der Waals surface area contributed by atoms with Crippen LogP contribution in [0.15, 0.2) is 40.7 Å². The van der Waals surface area contributed by atoms with Crippen molar-refractivity contribution in [2.24, 2.45) is 5.41 Å². The third-order valence-corrected chi connectivity index (χ3v) is 3.06. The van der Waals surface area contributed by atoms with E-state index in [9.17, 15) is 9.59 Å². The van der Waals surface area contributed by atoms with E-state index in [2.05, 4.69) is 10.5 Å². The summed E-state index contributed by atoms with van der Waals surface area (Å²) in [6, 6.07) is 0. The third-order valence-electron chi connectivity index (χ3n) is 3.06. The summed E-state index contributed by atoms with van der Waals surface area (Å²) in [5.74, 6) is -0.235. The van der Waals surface area contributed by atoms with E-state index in [0.717, 1.165) is 16.7 Å². The minimum absolute atomic E-state index is 0.148. The molecule has 3 nitrogen and oxygen atoms in total. The van der Waals surface area contributed by atoms with Gasteiger partial charge in [0.2, 0.25) is 0 Å². The van der Waals surface area contributed by atoms with Crippen molar-refractivity contribution >= 4 is 11.8 Å². The van der Waals surface area contributed by atoms with E-state index in [0.29, 0.717) is 6.42 Å². The molecule has 0 N–H and O–H groups in total. The molecular weight excluding hydrogens is 240 g/mol. The summed E-state index contributed by atoms with van der Waals surface area (Å²) in [5, 5.41) is 0. The molecule has 0 heterocycles. The van der Waals surface area contributed by atoms with E-state index in [-0.39, 0.29) is 17.2 Å². The molecule has 0 amide bonds. The van der Waals surface area contributed by atoms with Crippen molar-refractivity contribution in [3.8, 4) is 0 Å². The van der Waals surface area contributed by atoms with Crippen LogP contribution in [0, 0.1) is 5.41 Å². The number of allylic oxidation sites excluding steroid dienone is 4. The lowest BCUT2D eigenvalue weighted by Crippen LogP contribution is -2.23. The van der Waals surface area contributed by atoms with Crippen molar-refractivity contribution in [3.63, 3.8) is 0 Å². The highest BCUT2D eigenvalue weighted by atomic mass is 16.5. The van der Waals surface area contributed by atoms with Gasteiger partial charge in [-0.25, -0.2) is 4.79 Å². The van der Waals surface area contributed by atoms with E-state index in [1.165, 1.54) is 13.2 Å². The molecule has 0 radical (unpaired) electrons. The van der Waals surface area contributed by atoms with Crippen molar-refractivity contribution in [1.29, 1.82) is 0 Å². The number of esters is 1. The summed E-state index contributed by atoms with van der Waals surface area (Å²) in [7, 11) is 1.34. The number of hydrogen-bond acceptors (Lipinski definition) is 3. The second-order valence-electron chi connectivity index (χ2n) is 5.43. The average Bonchev–Trinajstić information content (AvgIpc) is 2.25. The summed E-state index contributed by atoms with van der Waals surface area (Å²) < 4.78 is 4.56. The Balaban J connectivity index is 3.16. The smallest absolute Gasteiger partial charge is 0.330 e. The molecule has 0 spiro atoms. The van der Waals surface area contributed by atoms with E-state index in [1.807, 2.05) is 27.7 Å². The van der Waals surface area contributed by atoms with Crippen molar-refractivity contribution in [2.75, 3.05) is 7.11 Å². The monoisotopic (exact) mass is 260 g/mol. The van der Waals surface area contributed by atoms with E-state index < -0.39 is 0 Å². The van der Waals surface area contributed by atoms with E-state index in [4.69, 9.17) is 0 Å². The molecule has 0 bridgehead atoms. The quantitative estimate of drug-likeness (QED) is 0.331. The van der Waals surface area contributed by atoms with Crippen LogP contribution in [0.1, 0.15) is 34.1 Å². The summed E-state index contributed by atoms with van der Waals surface area (Å²) in [6.45, 7) is 7.77. The van der Waals surface area contributed by atoms with Gasteiger partial charge in [0.15, 0.2) is 5.78 Å². The molecule has 1 aliphatic rings. The highest BCUT2D eigenvalue weighted by molar-refractivity contribution is 5.93. The number of ketones is 1. The van der Waals surface area contributed by atoms with Crippen LogP contribution in [0.25, 0.3) is 0 Å². The fourth-order valence-electron chi connectivity index (χ4n) is 2.20. The summed E-state index contributed by atoms with van der Waals surface area (Å²) in [5.41, 5.74) is 5.68. The zero-order valence-corrected chi connectivity index (χ0v) is 12.2. The molecule has 0 aromatic rings. The van der Waals surface area contributed by atoms with Crippen LogP contribution in [0.3, 0.4) is 0 Å². The van der Waals surface area contributed by atoms with Crippen molar-refractivity contribution in [1.82, 2.24) is 0 Å². The second-order valence-corrected chi connectivity index (χ2v) is 5.43. The van der Waals surface area contributed by atoms with Gasteiger partial charge in [0.25, 0.3) is 0 Å².